The molecule has 0 unspecified atom stereocenters. The molecule has 0 heterocycles. The standard InChI is InChI=1S/C24H20O3/c1-15(2)24(26)27-21-14-6-10-17-8-4-12-19(23(17)21)18-11-3-7-16-9-5-13-20(25)22(16)18/h3-15,25H,1-2H3. The molecule has 0 bridgehead atoms. The number of hydrogen-bond acceptors (Lipinski definition) is 3. The van der Waals surface area contributed by atoms with Crippen molar-refractivity contribution in [2.24, 2.45) is 5.92 Å². The zero-order valence-electron chi connectivity index (χ0n) is 15.3. The zero-order valence-corrected chi connectivity index (χ0v) is 15.3. The van der Waals surface area contributed by atoms with Crippen molar-refractivity contribution in [2.45, 2.75) is 13.8 Å². The summed E-state index contributed by atoms with van der Waals surface area (Å²) in [7, 11) is 0. The Morgan fingerprint density at radius 3 is 1.93 bits per heavy atom. The third kappa shape index (κ3) is 3.02. The van der Waals surface area contributed by atoms with Gasteiger partial charge in [0.15, 0.2) is 0 Å². The van der Waals surface area contributed by atoms with E-state index in [9.17, 15) is 9.90 Å². The van der Waals surface area contributed by atoms with Crippen LogP contribution in [0.25, 0.3) is 32.7 Å². The van der Waals surface area contributed by atoms with Gasteiger partial charge in [0.05, 0.1) is 5.92 Å². The fourth-order valence-electron chi connectivity index (χ4n) is 3.39. The highest BCUT2D eigenvalue weighted by Gasteiger charge is 2.16. The molecule has 0 saturated carbocycles. The van der Waals surface area contributed by atoms with E-state index < -0.39 is 0 Å². The maximum atomic E-state index is 12.2. The highest BCUT2D eigenvalue weighted by atomic mass is 16.5. The summed E-state index contributed by atoms with van der Waals surface area (Å²) in [6.07, 6.45) is 0. The largest absolute Gasteiger partial charge is 0.507 e. The quantitative estimate of drug-likeness (QED) is 0.366. The molecule has 0 radical (unpaired) electrons. The van der Waals surface area contributed by atoms with Crippen LogP contribution in [0.2, 0.25) is 0 Å². The van der Waals surface area contributed by atoms with Gasteiger partial charge in [-0.15, -0.1) is 0 Å². The van der Waals surface area contributed by atoms with E-state index in [1.54, 1.807) is 6.07 Å². The van der Waals surface area contributed by atoms with Gasteiger partial charge in [0.25, 0.3) is 0 Å². The molecule has 0 fully saturated rings. The first-order valence-corrected chi connectivity index (χ1v) is 9.01. The van der Waals surface area contributed by atoms with E-state index in [1.165, 1.54) is 0 Å². The van der Waals surface area contributed by atoms with Gasteiger partial charge in [0.1, 0.15) is 11.5 Å². The van der Waals surface area contributed by atoms with Gasteiger partial charge in [-0.1, -0.05) is 74.5 Å². The van der Waals surface area contributed by atoms with Crippen molar-refractivity contribution in [3.8, 4) is 22.6 Å². The van der Waals surface area contributed by atoms with Crippen molar-refractivity contribution in [3.05, 3.63) is 72.8 Å². The Hall–Kier alpha value is -3.33. The number of rotatable bonds is 3. The summed E-state index contributed by atoms with van der Waals surface area (Å²) >= 11 is 0. The third-order valence-electron chi connectivity index (χ3n) is 4.72. The van der Waals surface area contributed by atoms with Gasteiger partial charge >= 0.3 is 5.97 Å². The van der Waals surface area contributed by atoms with Crippen molar-refractivity contribution in [3.63, 3.8) is 0 Å². The van der Waals surface area contributed by atoms with Crippen LogP contribution in [0.3, 0.4) is 0 Å². The van der Waals surface area contributed by atoms with Gasteiger partial charge in [-0.2, -0.15) is 0 Å². The predicted molar refractivity (Wildman–Crippen MR) is 109 cm³/mol. The molecule has 0 saturated heterocycles. The summed E-state index contributed by atoms with van der Waals surface area (Å²) in [6.45, 7) is 3.63. The number of carbonyl (C=O) groups excluding carboxylic acids is 1. The van der Waals surface area contributed by atoms with E-state index in [0.29, 0.717) is 5.75 Å². The van der Waals surface area contributed by atoms with Crippen molar-refractivity contribution < 1.29 is 14.6 Å². The first-order chi connectivity index (χ1) is 13.1. The van der Waals surface area contributed by atoms with Gasteiger partial charge in [0, 0.05) is 10.8 Å². The molecule has 0 aliphatic heterocycles. The summed E-state index contributed by atoms with van der Waals surface area (Å²) in [4.78, 5) is 12.2. The summed E-state index contributed by atoms with van der Waals surface area (Å²) in [6, 6.07) is 23.1. The number of ether oxygens (including phenoxy) is 1. The number of hydrogen-bond donors (Lipinski definition) is 1. The predicted octanol–water partition coefficient (Wildman–Crippen LogP) is 5.93. The molecule has 1 N–H and O–H groups in total. The van der Waals surface area contributed by atoms with Crippen LogP contribution in [0.1, 0.15) is 13.8 Å². The first kappa shape index (κ1) is 17.1. The average molecular weight is 356 g/mol. The van der Waals surface area contributed by atoms with Gasteiger partial charge in [-0.3, -0.25) is 4.79 Å². The molecular formula is C24H20O3. The molecule has 4 rings (SSSR count). The second kappa shape index (κ2) is 6.76. The summed E-state index contributed by atoms with van der Waals surface area (Å²) in [5.41, 5.74) is 1.83. The fraction of sp³-hybridized carbons (Fsp3) is 0.125. The van der Waals surface area contributed by atoms with Crippen LogP contribution in [0.15, 0.2) is 72.8 Å². The van der Waals surface area contributed by atoms with E-state index in [0.717, 1.165) is 32.7 Å². The number of benzene rings is 4. The Morgan fingerprint density at radius 2 is 1.30 bits per heavy atom. The highest BCUT2D eigenvalue weighted by molar-refractivity contribution is 6.09. The minimum atomic E-state index is -0.266. The van der Waals surface area contributed by atoms with E-state index in [1.807, 2.05) is 80.6 Å². The monoisotopic (exact) mass is 356 g/mol. The van der Waals surface area contributed by atoms with Crippen molar-refractivity contribution in [1.82, 2.24) is 0 Å². The summed E-state index contributed by atoms with van der Waals surface area (Å²) in [5, 5.41) is 14.1. The van der Waals surface area contributed by atoms with E-state index in [2.05, 4.69) is 0 Å². The lowest BCUT2D eigenvalue weighted by Crippen LogP contribution is -2.15. The zero-order chi connectivity index (χ0) is 19.0. The number of fused-ring (bicyclic) bond motifs is 2. The Kier molecular flexibility index (Phi) is 4.28. The lowest BCUT2D eigenvalue weighted by Gasteiger charge is -2.15. The number of phenolic OH excluding ortho intramolecular Hbond substituents is 1. The Bertz CT molecular complexity index is 1150. The normalized spacial score (nSPS) is 11.2. The topological polar surface area (TPSA) is 46.5 Å². The van der Waals surface area contributed by atoms with E-state index in [4.69, 9.17) is 4.74 Å². The third-order valence-corrected chi connectivity index (χ3v) is 4.72. The Labute approximate surface area is 157 Å². The molecule has 3 heteroatoms. The molecule has 0 atom stereocenters. The van der Waals surface area contributed by atoms with Crippen LogP contribution in [0.5, 0.6) is 11.5 Å². The second-order valence-electron chi connectivity index (χ2n) is 6.92. The maximum absolute atomic E-state index is 12.2. The number of phenols is 1. The van der Waals surface area contributed by atoms with Crippen LogP contribution in [-0.2, 0) is 4.79 Å². The van der Waals surface area contributed by atoms with E-state index in [-0.39, 0.29) is 17.6 Å². The highest BCUT2D eigenvalue weighted by Crippen LogP contribution is 2.41. The van der Waals surface area contributed by atoms with Crippen molar-refractivity contribution in [1.29, 1.82) is 0 Å². The molecule has 0 aliphatic rings. The van der Waals surface area contributed by atoms with Gasteiger partial charge in [0.2, 0.25) is 0 Å². The van der Waals surface area contributed by atoms with E-state index >= 15 is 0 Å². The van der Waals surface area contributed by atoms with Crippen LogP contribution >= 0.6 is 0 Å². The average Bonchev–Trinajstić information content (AvgIpc) is 2.67. The minimum Gasteiger partial charge on any atom is -0.507 e. The summed E-state index contributed by atoms with van der Waals surface area (Å²) in [5.74, 6) is 0.290. The number of carbonyl (C=O) groups is 1. The van der Waals surface area contributed by atoms with Gasteiger partial charge < -0.3 is 9.84 Å². The molecular weight excluding hydrogens is 336 g/mol. The second-order valence-corrected chi connectivity index (χ2v) is 6.92. The molecule has 0 amide bonds. The number of aromatic hydroxyl groups is 1. The lowest BCUT2D eigenvalue weighted by molar-refractivity contribution is -0.137. The molecule has 0 spiro atoms. The lowest BCUT2D eigenvalue weighted by atomic mass is 9.93. The molecule has 0 aromatic heterocycles. The van der Waals surface area contributed by atoms with Crippen LogP contribution in [0.4, 0.5) is 0 Å². The van der Waals surface area contributed by atoms with Crippen molar-refractivity contribution in [2.75, 3.05) is 0 Å². The fourth-order valence-corrected chi connectivity index (χ4v) is 3.39. The minimum absolute atomic E-state index is 0.214. The van der Waals surface area contributed by atoms with Gasteiger partial charge in [-0.05, 0) is 34.0 Å². The van der Waals surface area contributed by atoms with Crippen molar-refractivity contribution >= 4 is 27.5 Å². The first-order valence-electron chi connectivity index (χ1n) is 9.01. The van der Waals surface area contributed by atoms with Crippen LogP contribution in [-0.4, -0.2) is 11.1 Å². The Morgan fingerprint density at radius 1 is 0.778 bits per heavy atom. The molecule has 0 aliphatic carbocycles. The molecule has 4 aromatic rings. The smallest absolute Gasteiger partial charge is 0.313 e. The maximum Gasteiger partial charge on any atom is 0.313 e. The SMILES string of the molecule is CC(C)C(=O)Oc1cccc2cccc(-c3cccc4cccc(O)c34)c12. The summed E-state index contributed by atoms with van der Waals surface area (Å²) < 4.78 is 5.69. The number of esters is 1. The Balaban J connectivity index is 2.03. The molecule has 4 aromatic carbocycles. The molecule has 3 nitrogen and oxygen atoms in total. The van der Waals surface area contributed by atoms with Gasteiger partial charge in [-0.25, -0.2) is 0 Å². The van der Waals surface area contributed by atoms with Crippen LogP contribution < -0.4 is 4.74 Å². The molecule has 27 heavy (non-hydrogen) atoms. The van der Waals surface area contributed by atoms with Crippen LogP contribution in [0, 0.1) is 5.92 Å². The molecule has 134 valence electrons.